The van der Waals surface area contributed by atoms with Crippen LogP contribution < -0.4 is 4.74 Å². The van der Waals surface area contributed by atoms with Gasteiger partial charge in [0.25, 0.3) is 0 Å². The molecule has 6 nitrogen and oxygen atoms in total. The summed E-state index contributed by atoms with van der Waals surface area (Å²) in [6.07, 6.45) is 0.504. The highest BCUT2D eigenvalue weighted by Crippen LogP contribution is 2.42. The molecule has 2 amide bonds. The number of hydrogen-bond donors (Lipinski definition) is 1. The molecule has 0 spiro atoms. The molecule has 0 radical (unpaired) electrons. The van der Waals surface area contributed by atoms with E-state index in [2.05, 4.69) is 55.2 Å². The first-order valence-corrected chi connectivity index (χ1v) is 12.9. The van der Waals surface area contributed by atoms with Crippen LogP contribution in [0.5, 0.6) is 5.75 Å². The second kappa shape index (κ2) is 9.11. The molecule has 2 aliphatic heterocycles. The largest absolute Gasteiger partial charge is 0.497 e. The van der Waals surface area contributed by atoms with E-state index >= 15 is 0 Å². The Kier molecular flexibility index (Phi) is 5.75. The normalized spacial score (nSPS) is 19.4. The van der Waals surface area contributed by atoms with E-state index in [-0.39, 0.29) is 24.4 Å². The van der Waals surface area contributed by atoms with Gasteiger partial charge in [-0.05, 0) is 46.4 Å². The lowest BCUT2D eigenvalue weighted by Gasteiger charge is -2.47. The van der Waals surface area contributed by atoms with Crippen molar-refractivity contribution in [3.63, 3.8) is 0 Å². The van der Waals surface area contributed by atoms with E-state index in [1.165, 1.54) is 5.56 Å². The molecule has 3 aromatic carbocycles. The molecule has 0 aliphatic carbocycles. The van der Waals surface area contributed by atoms with Crippen molar-refractivity contribution in [3.05, 3.63) is 101 Å². The third-order valence-electron chi connectivity index (χ3n) is 7.79. The van der Waals surface area contributed by atoms with Crippen molar-refractivity contribution in [1.82, 2.24) is 14.8 Å². The zero-order valence-electron chi connectivity index (χ0n) is 21.4. The van der Waals surface area contributed by atoms with E-state index in [1.54, 1.807) is 12.0 Å². The van der Waals surface area contributed by atoms with Crippen LogP contribution in [0.2, 0.25) is 0 Å². The predicted molar refractivity (Wildman–Crippen MR) is 143 cm³/mol. The topological polar surface area (TPSA) is 65.6 Å². The van der Waals surface area contributed by atoms with Gasteiger partial charge in [-0.1, -0.05) is 68.4 Å². The fraction of sp³-hybridized carbons (Fsp3) is 0.290. The van der Waals surface area contributed by atoms with E-state index in [0.717, 1.165) is 39.0 Å². The van der Waals surface area contributed by atoms with Crippen LogP contribution in [0.3, 0.4) is 0 Å². The molecule has 1 fully saturated rings. The molecule has 0 bridgehead atoms. The summed E-state index contributed by atoms with van der Waals surface area (Å²) in [7, 11) is 1.63. The van der Waals surface area contributed by atoms with Crippen LogP contribution >= 0.6 is 0 Å². The lowest BCUT2D eigenvalue weighted by molar-refractivity contribution is -0.159. The number of fused-ring (bicyclic) bond motifs is 4. The number of methoxy groups -OCH3 is 1. The molecule has 0 saturated carbocycles. The number of nitrogens with one attached hydrogen (secondary N) is 1. The Labute approximate surface area is 216 Å². The van der Waals surface area contributed by atoms with Gasteiger partial charge in [0.1, 0.15) is 18.3 Å². The monoisotopic (exact) mass is 493 g/mol. The molecule has 3 heterocycles. The van der Waals surface area contributed by atoms with Gasteiger partial charge in [0.2, 0.25) is 11.8 Å². The number of H-pyrrole nitrogens is 1. The Morgan fingerprint density at radius 3 is 2.41 bits per heavy atom. The number of piperazine rings is 1. The van der Waals surface area contributed by atoms with E-state index < -0.39 is 6.04 Å². The summed E-state index contributed by atoms with van der Waals surface area (Å²) in [4.78, 5) is 34.8. The van der Waals surface area contributed by atoms with Crippen molar-refractivity contribution in [2.75, 3.05) is 13.7 Å². The molecular weight excluding hydrogens is 462 g/mol. The predicted octanol–water partition coefficient (Wildman–Crippen LogP) is 5.19. The summed E-state index contributed by atoms with van der Waals surface area (Å²) in [6.45, 7) is 4.81. The zero-order valence-corrected chi connectivity index (χ0v) is 21.4. The van der Waals surface area contributed by atoms with Crippen LogP contribution in [-0.4, -0.2) is 46.3 Å². The molecule has 2 atom stereocenters. The maximum absolute atomic E-state index is 13.9. The van der Waals surface area contributed by atoms with Gasteiger partial charge in [0.15, 0.2) is 0 Å². The Morgan fingerprint density at radius 2 is 1.70 bits per heavy atom. The number of carbonyl (C=O) groups excluding carboxylic acids is 2. The van der Waals surface area contributed by atoms with Crippen molar-refractivity contribution in [2.24, 2.45) is 0 Å². The fourth-order valence-electron chi connectivity index (χ4n) is 5.82. The van der Waals surface area contributed by atoms with Crippen LogP contribution in [0.4, 0.5) is 0 Å². The first-order valence-electron chi connectivity index (χ1n) is 12.9. The van der Waals surface area contributed by atoms with Gasteiger partial charge in [-0.3, -0.25) is 9.59 Å². The van der Waals surface area contributed by atoms with Crippen LogP contribution in [-0.2, 0) is 22.6 Å². The van der Waals surface area contributed by atoms with Gasteiger partial charge >= 0.3 is 0 Å². The third kappa shape index (κ3) is 3.97. The lowest BCUT2D eigenvalue weighted by Crippen LogP contribution is -2.62. The summed E-state index contributed by atoms with van der Waals surface area (Å²) in [5, 5.41) is 1.12. The average molecular weight is 494 g/mol. The maximum Gasteiger partial charge on any atom is 0.246 e. The molecule has 1 N–H and O–H groups in total. The van der Waals surface area contributed by atoms with E-state index in [0.29, 0.717) is 18.9 Å². The van der Waals surface area contributed by atoms with E-state index in [4.69, 9.17) is 4.74 Å². The molecule has 1 aromatic heterocycles. The van der Waals surface area contributed by atoms with Crippen molar-refractivity contribution >= 4 is 22.7 Å². The number of aromatic nitrogens is 1. The second-order valence-corrected chi connectivity index (χ2v) is 10.4. The summed E-state index contributed by atoms with van der Waals surface area (Å²) < 4.78 is 5.26. The molecule has 37 heavy (non-hydrogen) atoms. The highest BCUT2D eigenvalue weighted by atomic mass is 16.5. The summed E-state index contributed by atoms with van der Waals surface area (Å²) in [6, 6.07) is 23.5. The smallest absolute Gasteiger partial charge is 0.246 e. The molecule has 0 unspecified atom stereocenters. The SMILES string of the molecule is COc1ccc(CN2CC(=O)N3[C@@H](c4ccc(C(C)C)cc4)c4[nH]c5ccccc5c4C[C@H]3C2=O)cc1. The standard InChI is InChI=1S/C31H31N3O3/c1-19(2)21-10-12-22(13-11-21)30-29-25(24-6-4-5-7-26(24)32-29)16-27-31(36)33(18-28(35)34(27)30)17-20-8-14-23(37-3)15-9-20/h4-15,19,27,30,32H,16-18H2,1-3H3/t27-,30-/m0/s1. The summed E-state index contributed by atoms with van der Waals surface area (Å²) in [5.41, 5.74) is 6.42. The highest BCUT2D eigenvalue weighted by Gasteiger charge is 2.48. The first-order chi connectivity index (χ1) is 17.9. The van der Waals surface area contributed by atoms with E-state index in [9.17, 15) is 9.59 Å². The lowest BCUT2D eigenvalue weighted by atomic mass is 9.85. The van der Waals surface area contributed by atoms with Crippen molar-refractivity contribution in [3.8, 4) is 5.75 Å². The highest BCUT2D eigenvalue weighted by molar-refractivity contribution is 5.97. The quantitative estimate of drug-likeness (QED) is 0.416. The van der Waals surface area contributed by atoms with Gasteiger partial charge in [-0.25, -0.2) is 0 Å². The number of nitrogens with zero attached hydrogens (tertiary/aromatic N) is 2. The number of amides is 2. The maximum atomic E-state index is 13.9. The third-order valence-corrected chi connectivity index (χ3v) is 7.79. The second-order valence-electron chi connectivity index (χ2n) is 10.4. The Balaban J connectivity index is 1.41. The molecule has 4 aromatic rings. The molecule has 1 saturated heterocycles. The Hall–Kier alpha value is -4.06. The number of benzene rings is 3. The van der Waals surface area contributed by atoms with Crippen LogP contribution in [0.1, 0.15) is 53.8 Å². The summed E-state index contributed by atoms with van der Waals surface area (Å²) >= 11 is 0. The van der Waals surface area contributed by atoms with Gasteiger partial charge in [0, 0.05) is 29.6 Å². The molecule has 6 heteroatoms. The minimum absolute atomic E-state index is 0.00449. The number of para-hydroxylation sites is 1. The van der Waals surface area contributed by atoms with Crippen LogP contribution in [0.25, 0.3) is 10.9 Å². The average Bonchev–Trinajstić information content (AvgIpc) is 3.29. The number of aromatic amines is 1. The van der Waals surface area contributed by atoms with Crippen LogP contribution in [0, 0.1) is 0 Å². The Morgan fingerprint density at radius 1 is 0.973 bits per heavy atom. The zero-order chi connectivity index (χ0) is 25.7. The van der Waals surface area contributed by atoms with Gasteiger partial charge in [-0.2, -0.15) is 0 Å². The first kappa shape index (κ1) is 23.3. The van der Waals surface area contributed by atoms with Crippen molar-refractivity contribution in [2.45, 2.75) is 44.8 Å². The van der Waals surface area contributed by atoms with Crippen molar-refractivity contribution in [1.29, 1.82) is 0 Å². The van der Waals surface area contributed by atoms with Crippen molar-refractivity contribution < 1.29 is 14.3 Å². The number of ether oxygens (including phenoxy) is 1. The van der Waals surface area contributed by atoms with Crippen LogP contribution in [0.15, 0.2) is 72.8 Å². The number of rotatable bonds is 5. The number of hydrogen-bond acceptors (Lipinski definition) is 3. The molecule has 6 rings (SSSR count). The Bertz CT molecular complexity index is 1470. The minimum atomic E-state index is -0.541. The van der Waals surface area contributed by atoms with Gasteiger partial charge in [-0.15, -0.1) is 0 Å². The van der Waals surface area contributed by atoms with Gasteiger partial charge < -0.3 is 19.5 Å². The molecular formula is C31H31N3O3. The van der Waals surface area contributed by atoms with Gasteiger partial charge in [0.05, 0.1) is 13.2 Å². The summed E-state index contributed by atoms with van der Waals surface area (Å²) in [5.74, 6) is 1.15. The van der Waals surface area contributed by atoms with E-state index in [1.807, 2.05) is 41.3 Å². The fourth-order valence-corrected chi connectivity index (χ4v) is 5.82. The molecule has 2 aliphatic rings. The number of carbonyl (C=O) groups is 2. The molecule has 188 valence electrons. The minimum Gasteiger partial charge on any atom is -0.497 e.